The number of aromatic nitrogens is 4. The van der Waals surface area contributed by atoms with Crippen molar-refractivity contribution in [3.05, 3.63) is 77.4 Å². The molecular weight excluding hydrogens is 444 g/mol. The third-order valence-electron chi connectivity index (χ3n) is 5.93. The van der Waals surface area contributed by atoms with Gasteiger partial charge in [-0.3, -0.25) is 0 Å². The first kappa shape index (κ1) is 24.1. The number of methoxy groups -OCH3 is 2. The molecule has 35 heavy (non-hydrogen) atoms. The molecule has 4 aromatic rings. The van der Waals surface area contributed by atoms with Gasteiger partial charge in [0.05, 0.1) is 31.9 Å². The number of carbonyl (C=O) groups is 1. The summed E-state index contributed by atoms with van der Waals surface area (Å²) in [5.41, 5.74) is 6.15. The van der Waals surface area contributed by atoms with Crippen molar-refractivity contribution in [2.75, 3.05) is 14.2 Å². The normalized spacial score (nSPS) is 11.6. The van der Waals surface area contributed by atoms with Crippen molar-refractivity contribution in [3.63, 3.8) is 0 Å². The summed E-state index contributed by atoms with van der Waals surface area (Å²) in [4.78, 5) is 16.7. The molecule has 0 N–H and O–H groups in total. The van der Waals surface area contributed by atoms with E-state index in [1.807, 2.05) is 41.8 Å². The number of esters is 1. The van der Waals surface area contributed by atoms with Gasteiger partial charge in [0.15, 0.2) is 0 Å². The van der Waals surface area contributed by atoms with E-state index in [1.54, 1.807) is 6.33 Å². The van der Waals surface area contributed by atoms with Crippen LogP contribution in [0.15, 0.2) is 55.1 Å². The molecular formula is C27H30N4O4. The van der Waals surface area contributed by atoms with Gasteiger partial charge in [0.25, 0.3) is 0 Å². The third-order valence-corrected chi connectivity index (χ3v) is 5.93. The van der Waals surface area contributed by atoms with Crippen molar-refractivity contribution < 1.29 is 19.0 Å². The van der Waals surface area contributed by atoms with Gasteiger partial charge in [0.1, 0.15) is 24.3 Å². The molecule has 0 aliphatic heterocycles. The van der Waals surface area contributed by atoms with E-state index in [0.29, 0.717) is 11.1 Å². The number of benzene rings is 2. The highest BCUT2D eigenvalue weighted by atomic mass is 16.5. The number of hydrogen-bond donors (Lipinski definition) is 0. The van der Waals surface area contributed by atoms with Crippen molar-refractivity contribution in [3.8, 4) is 17.0 Å². The molecule has 0 fully saturated rings. The molecule has 8 heteroatoms. The Kier molecular flexibility index (Phi) is 7.19. The fraction of sp³-hybridized carbons (Fsp3) is 0.296. The number of rotatable bonds is 9. The quantitative estimate of drug-likeness (QED) is 0.194. The molecule has 8 nitrogen and oxygen atoms in total. The minimum atomic E-state index is -0.467. The van der Waals surface area contributed by atoms with E-state index in [-0.39, 0.29) is 6.61 Å². The average Bonchev–Trinajstić information content (AvgIpc) is 3.45. The first-order chi connectivity index (χ1) is 17.0. The van der Waals surface area contributed by atoms with Gasteiger partial charge in [-0.2, -0.15) is 10.1 Å². The van der Waals surface area contributed by atoms with Gasteiger partial charge in [-0.05, 0) is 55.2 Å². The first-order valence-corrected chi connectivity index (χ1v) is 11.5. The topological polar surface area (TPSA) is 79.9 Å². The van der Waals surface area contributed by atoms with E-state index in [4.69, 9.17) is 14.2 Å². The van der Waals surface area contributed by atoms with E-state index < -0.39 is 5.97 Å². The maximum atomic E-state index is 12.3. The SMILES string of the molecule is CCCn1c(-c2ccc(OCc3ccccc3/C(=C/OC)C(=O)OC)c(C)c2)c(C)n2ncnc12. The Morgan fingerprint density at radius 1 is 1.11 bits per heavy atom. The second-order valence-electron chi connectivity index (χ2n) is 8.24. The van der Waals surface area contributed by atoms with E-state index in [1.165, 1.54) is 20.5 Å². The first-order valence-electron chi connectivity index (χ1n) is 11.5. The van der Waals surface area contributed by atoms with E-state index >= 15 is 0 Å². The minimum absolute atomic E-state index is 0.289. The lowest BCUT2D eigenvalue weighted by Crippen LogP contribution is -2.08. The Hall–Kier alpha value is -4.07. The molecule has 0 saturated carbocycles. The zero-order valence-corrected chi connectivity index (χ0v) is 20.7. The van der Waals surface area contributed by atoms with E-state index in [2.05, 4.69) is 40.6 Å². The smallest absolute Gasteiger partial charge is 0.341 e. The second kappa shape index (κ2) is 10.5. The Bertz CT molecular complexity index is 1380. The molecule has 0 spiro atoms. The van der Waals surface area contributed by atoms with Crippen molar-refractivity contribution in [2.45, 2.75) is 40.3 Å². The number of imidazole rings is 1. The van der Waals surface area contributed by atoms with Crippen LogP contribution in [-0.4, -0.2) is 39.4 Å². The molecule has 0 radical (unpaired) electrons. The van der Waals surface area contributed by atoms with Crippen LogP contribution in [-0.2, 0) is 27.4 Å². The van der Waals surface area contributed by atoms with Crippen LogP contribution in [0.4, 0.5) is 0 Å². The molecule has 0 atom stereocenters. The number of fused-ring (bicyclic) bond motifs is 1. The van der Waals surface area contributed by atoms with Gasteiger partial charge < -0.3 is 18.8 Å². The lowest BCUT2D eigenvalue weighted by molar-refractivity contribution is -0.133. The fourth-order valence-electron chi connectivity index (χ4n) is 4.32. The summed E-state index contributed by atoms with van der Waals surface area (Å²) < 4.78 is 20.3. The third kappa shape index (κ3) is 4.64. The molecule has 0 unspecified atom stereocenters. The highest BCUT2D eigenvalue weighted by molar-refractivity contribution is 6.16. The molecule has 0 bridgehead atoms. The summed E-state index contributed by atoms with van der Waals surface area (Å²) >= 11 is 0. The fourth-order valence-corrected chi connectivity index (χ4v) is 4.32. The van der Waals surface area contributed by atoms with Crippen molar-refractivity contribution in [1.82, 2.24) is 19.2 Å². The van der Waals surface area contributed by atoms with Crippen molar-refractivity contribution >= 4 is 17.3 Å². The molecule has 2 heterocycles. The predicted molar refractivity (Wildman–Crippen MR) is 134 cm³/mol. The van der Waals surface area contributed by atoms with Crippen LogP contribution in [0.5, 0.6) is 5.75 Å². The summed E-state index contributed by atoms with van der Waals surface area (Å²) in [6.07, 6.45) is 3.98. The van der Waals surface area contributed by atoms with Gasteiger partial charge in [-0.15, -0.1) is 0 Å². The number of hydrogen-bond acceptors (Lipinski definition) is 6. The Labute approximate surface area is 204 Å². The van der Waals surface area contributed by atoms with Crippen LogP contribution in [0.2, 0.25) is 0 Å². The van der Waals surface area contributed by atoms with Gasteiger partial charge in [0.2, 0.25) is 5.78 Å². The van der Waals surface area contributed by atoms with Gasteiger partial charge in [-0.1, -0.05) is 31.2 Å². The summed E-state index contributed by atoms with van der Waals surface area (Å²) in [5.74, 6) is 1.15. The number of aryl methyl sites for hydroxylation is 3. The zero-order chi connectivity index (χ0) is 24.9. The molecule has 2 aromatic carbocycles. The molecule has 2 aromatic heterocycles. The van der Waals surface area contributed by atoms with Crippen LogP contribution < -0.4 is 4.74 Å². The van der Waals surface area contributed by atoms with Crippen LogP contribution in [0.1, 0.15) is 35.7 Å². The minimum Gasteiger partial charge on any atom is -0.503 e. The maximum Gasteiger partial charge on any atom is 0.341 e. The summed E-state index contributed by atoms with van der Waals surface area (Å²) in [6, 6.07) is 13.7. The highest BCUT2D eigenvalue weighted by Crippen LogP contribution is 2.31. The lowest BCUT2D eigenvalue weighted by atomic mass is 10.0. The number of carbonyl (C=O) groups excluding carboxylic acids is 1. The van der Waals surface area contributed by atoms with Crippen LogP contribution in [0, 0.1) is 13.8 Å². The van der Waals surface area contributed by atoms with Gasteiger partial charge in [-0.25, -0.2) is 9.31 Å². The van der Waals surface area contributed by atoms with Crippen molar-refractivity contribution in [1.29, 1.82) is 0 Å². The lowest BCUT2D eigenvalue weighted by Gasteiger charge is -2.15. The van der Waals surface area contributed by atoms with Crippen molar-refractivity contribution in [2.24, 2.45) is 0 Å². The van der Waals surface area contributed by atoms with Gasteiger partial charge >= 0.3 is 5.97 Å². The highest BCUT2D eigenvalue weighted by Gasteiger charge is 2.19. The number of ether oxygens (including phenoxy) is 3. The predicted octanol–water partition coefficient (Wildman–Crippen LogP) is 4.96. The Balaban J connectivity index is 1.62. The summed E-state index contributed by atoms with van der Waals surface area (Å²) in [6.45, 7) is 7.39. The average molecular weight is 475 g/mol. The second-order valence-corrected chi connectivity index (χ2v) is 8.24. The summed E-state index contributed by atoms with van der Waals surface area (Å²) in [7, 11) is 2.85. The largest absolute Gasteiger partial charge is 0.503 e. The molecule has 0 amide bonds. The maximum absolute atomic E-state index is 12.3. The molecule has 0 saturated heterocycles. The standard InChI is InChI=1S/C27H30N4O4/c1-6-13-30-25(19(3)31-27(30)28-17-29-31)20-11-12-24(18(2)14-20)35-15-21-9-7-8-10-22(21)23(16-33-4)26(32)34-5/h7-12,14,16-17H,6,13,15H2,1-5H3/b23-16-. The van der Waals surface area contributed by atoms with E-state index in [0.717, 1.165) is 52.6 Å². The van der Waals surface area contributed by atoms with Crippen LogP contribution >= 0.6 is 0 Å². The number of nitrogens with zero attached hydrogens (tertiary/aromatic N) is 4. The van der Waals surface area contributed by atoms with E-state index in [9.17, 15) is 4.79 Å². The summed E-state index contributed by atoms with van der Waals surface area (Å²) in [5, 5.41) is 4.38. The Morgan fingerprint density at radius 3 is 2.63 bits per heavy atom. The monoisotopic (exact) mass is 474 g/mol. The van der Waals surface area contributed by atoms with Crippen LogP contribution in [0.3, 0.4) is 0 Å². The molecule has 0 aliphatic rings. The van der Waals surface area contributed by atoms with Crippen LogP contribution in [0.25, 0.3) is 22.6 Å². The molecule has 182 valence electrons. The molecule has 0 aliphatic carbocycles. The zero-order valence-electron chi connectivity index (χ0n) is 20.7. The molecule has 4 rings (SSSR count). The van der Waals surface area contributed by atoms with Gasteiger partial charge in [0, 0.05) is 12.1 Å². The Morgan fingerprint density at radius 2 is 1.91 bits per heavy atom.